The van der Waals surface area contributed by atoms with Crippen LogP contribution in [0.25, 0.3) is 0 Å². The molecule has 1 N–H and O–H groups in total. The highest BCUT2D eigenvalue weighted by Crippen LogP contribution is 2.37. The average Bonchev–Trinajstić information content (AvgIpc) is 2.14. The molecule has 0 fully saturated rings. The van der Waals surface area contributed by atoms with Gasteiger partial charge < -0.3 is 9.53 Å². The summed E-state index contributed by atoms with van der Waals surface area (Å²) in [6, 6.07) is 0. The van der Waals surface area contributed by atoms with Gasteiger partial charge in [-0.3, -0.25) is 0 Å². The van der Waals surface area contributed by atoms with Gasteiger partial charge in [0.25, 0.3) is 0 Å². The first-order valence-corrected chi connectivity index (χ1v) is 8.96. The summed E-state index contributed by atoms with van der Waals surface area (Å²) in [5, 5.41) is 9.85. The third kappa shape index (κ3) is 5.54. The van der Waals surface area contributed by atoms with E-state index in [1.165, 1.54) is 0 Å². The van der Waals surface area contributed by atoms with Gasteiger partial charge in [-0.15, -0.1) is 18.9 Å². The summed E-state index contributed by atoms with van der Waals surface area (Å²) in [5.41, 5.74) is 0. The first-order valence-electron chi connectivity index (χ1n) is 6.06. The van der Waals surface area contributed by atoms with Crippen LogP contribution < -0.4 is 0 Å². The van der Waals surface area contributed by atoms with Gasteiger partial charge in [-0.2, -0.15) is 0 Å². The molecular weight excluding hydrogens is 228 g/mol. The molecule has 3 heteroatoms. The topological polar surface area (TPSA) is 29.5 Å². The van der Waals surface area contributed by atoms with Gasteiger partial charge in [0.05, 0.1) is 12.2 Å². The maximum atomic E-state index is 9.70. The van der Waals surface area contributed by atoms with E-state index in [1.54, 1.807) is 6.08 Å². The molecule has 17 heavy (non-hydrogen) atoms. The van der Waals surface area contributed by atoms with Crippen molar-refractivity contribution >= 4 is 8.32 Å². The Morgan fingerprint density at radius 1 is 1.47 bits per heavy atom. The average molecular weight is 254 g/mol. The van der Waals surface area contributed by atoms with Crippen molar-refractivity contribution in [2.75, 3.05) is 0 Å². The van der Waals surface area contributed by atoms with Crippen LogP contribution in [0.4, 0.5) is 0 Å². The Bertz CT molecular complexity index is 284. The van der Waals surface area contributed by atoms with Crippen molar-refractivity contribution in [2.45, 2.75) is 64.0 Å². The van der Waals surface area contributed by atoms with Gasteiger partial charge in [-0.25, -0.2) is 0 Å². The Morgan fingerprint density at radius 3 is 2.35 bits per heavy atom. The predicted octanol–water partition coefficient (Wildman–Crippen LogP) is 3.34. The zero-order valence-corrected chi connectivity index (χ0v) is 12.8. The van der Waals surface area contributed by atoms with Gasteiger partial charge in [-0.1, -0.05) is 26.8 Å². The van der Waals surface area contributed by atoms with Gasteiger partial charge in [0, 0.05) is 12.8 Å². The first kappa shape index (κ1) is 16.4. The molecule has 0 unspecified atom stereocenters. The number of aliphatic hydroxyl groups excluding tert-OH is 1. The van der Waals surface area contributed by atoms with Gasteiger partial charge in [-0.05, 0) is 18.1 Å². The summed E-state index contributed by atoms with van der Waals surface area (Å²) in [4.78, 5) is 0. The maximum Gasteiger partial charge on any atom is 0.192 e. The van der Waals surface area contributed by atoms with Crippen molar-refractivity contribution in [3.05, 3.63) is 12.7 Å². The van der Waals surface area contributed by atoms with Crippen molar-refractivity contribution in [3.8, 4) is 12.3 Å². The Balaban J connectivity index is 4.52. The first-order chi connectivity index (χ1) is 7.64. The minimum Gasteiger partial charge on any atom is -0.410 e. The van der Waals surface area contributed by atoms with E-state index >= 15 is 0 Å². The van der Waals surface area contributed by atoms with E-state index in [2.05, 4.69) is 46.4 Å². The van der Waals surface area contributed by atoms with Gasteiger partial charge in [0.15, 0.2) is 8.32 Å². The van der Waals surface area contributed by atoms with E-state index in [0.717, 1.165) is 0 Å². The molecule has 0 bridgehead atoms. The fraction of sp³-hybridized carbons (Fsp3) is 0.714. The summed E-state index contributed by atoms with van der Waals surface area (Å²) in [6.07, 6.45) is 7.22. The number of hydrogen-bond donors (Lipinski definition) is 1. The second kappa shape index (κ2) is 6.39. The van der Waals surface area contributed by atoms with Crippen molar-refractivity contribution in [1.82, 2.24) is 0 Å². The van der Waals surface area contributed by atoms with Crippen molar-refractivity contribution in [1.29, 1.82) is 0 Å². The Morgan fingerprint density at radius 2 is 2.00 bits per heavy atom. The second-order valence-electron chi connectivity index (χ2n) is 5.95. The summed E-state index contributed by atoms with van der Waals surface area (Å²) < 4.78 is 6.16. The standard InChI is InChI=1S/C14H26O2Si/c1-8-10-12(15)11-13(9-2)16-17(6,7)14(3,4)5/h1,9,12-13,15H,2,10-11H2,3-7H3/t12-,13-/m1/s1. The summed E-state index contributed by atoms with van der Waals surface area (Å²) in [7, 11) is -1.81. The van der Waals surface area contributed by atoms with Crippen LogP contribution in [-0.2, 0) is 4.43 Å². The fourth-order valence-corrected chi connectivity index (χ4v) is 2.54. The third-order valence-electron chi connectivity index (χ3n) is 3.37. The van der Waals surface area contributed by atoms with Gasteiger partial charge >= 0.3 is 0 Å². The SMILES string of the molecule is C#CC[C@@H](O)C[C@@H](C=C)O[Si](C)(C)C(C)(C)C. The smallest absolute Gasteiger partial charge is 0.192 e. The largest absolute Gasteiger partial charge is 0.410 e. The molecule has 0 aliphatic rings. The molecule has 0 amide bonds. The molecule has 0 saturated heterocycles. The molecule has 0 saturated carbocycles. The molecule has 0 aliphatic heterocycles. The third-order valence-corrected chi connectivity index (χ3v) is 7.88. The highest BCUT2D eigenvalue weighted by molar-refractivity contribution is 6.74. The van der Waals surface area contributed by atoms with Crippen LogP contribution in [0.5, 0.6) is 0 Å². The molecular formula is C14H26O2Si. The van der Waals surface area contributed by atoms with Crippen LogP contribution in [0.15, 0.2) is 12.7 Å². The molecule has 0 spiro atoms. The van der Waals surface area contributed by atoms with Crippen molar-refractivity contribution in [2.24, 2.45) is 0 Å². The molecule has 98 valence electrons. The predicted molar refractivity (Wildman–Crippen MR) is 76.3 cm³/mol. The van der Waals surface area contributed by atoms with Crippen LogP contribution in [0.1, 0.15) is 33.6 Å². The molecule has 0 rings (SSSR count). The van der Waals surface area contributed by atoms with E-state index in [9.17, 15) is 5.11 Å². The molecule has 0 aromatic rings. The minimum absolute atomic E-state index is 0.112. The van der Waals surface area contributed by atoms with Crippen molar-refractivity contribution in [3.63, 3.8) is 0 Å². The number of rotatable bonds is 6. The van der Waals surface area contributed by atoms with Crippen LogP contribution in [0.3, 0.4) is 0 Å². The molecule has 2 atom stereocenters. The lowest BCUT2D eigenvalue weighted by Gasteiger charge is -2.39. The molecule has 0 aromatic carbocycles. The second-order valence-corrected chi connectivity index (χ2v) is 10.7. The van der Waals surface area contributed by atoms with E-state index < -0.39 is 14.4 Å². The Labute approximate surface area is 107 Å². The summed E-state index contributed by atoms with van der Waals surface area (Å²) in [6.45, 7) is 14.7. The monoisotopic (exact) mass is 254 g/mol. The van der Waals surface area contributed by atoms with Gasteiger partial charge in [0.1, 0.15) is 0 Å². The summed E-state index contributed by atoms with van der Waals surface area (Å²) >= 11 is 0. The maximum absolute atomic E-state index is 9.70. The van der Waals surface area contributed by atoms with E-state index in [1.807, 2.05) is 0 Å². The highest BCUT2D eigenvalue weighted by Gasteiger charge is 2.38. The number of hydrogen-bond acceptors (Lipinski definition) is 2. The van der Waals surface area contributed by atoms with Crippen LogP contribution in [0, 0.1) is 12.3 Å². The lowest BCUT2D eigenvalue weighted by molar-refractivity contribution is 0.112. The number of terminal acetylenes is 1. The Kier molecular flexibility index (Phi) is 6.18. The quantitative estimate of drug-likeness (QED) is 0.447. The van der Waals surface area contributed by atoms with Crippen LogP contribution >= 0.6 is 0 Å². The lowest BCUT2D eigenvalue weighted by atomic mass is 10.1. The Hall–Kier alpha value is -0.563. The molecule has 2 nitrogen and oxygen atoms in total. The molecule has 0 aromatic heterocycles. The summed E-state index contributed by atoms with van der Waals surface area (Å²) in [5.74, 6) is 2.46. The molecule has 0 aliphatic carbocycles. The normalized spacial score (nSPS) is 16.1. The lowest BCUT2D eigenvalue weighted by Crippen LogP contribution is -2.44. The molecule has 0 heterocycles. The minimum atomic E-state index is -1.81. The van der Waals surface area contributed by atoms with E-state index in [-0.39, 0.29) is 11.1 Å². The van der Waals surface area contributed by atoms with E-state index in [0.29, 0.717) is 12.8 Å². The zero-order valence-electron chi connectivity index (χ0n) is 11.8. The van der Waals surface area contributed by atoms with Crippen LogP contribution in [0.2, 0.25) is 18.1 Å². The number of aliphatic hydroxyl groups is 1. The fourth-order valence-electron chi connectivity index (χ4n) is 1.24. The van der Waals surface area contributed by atoms with Crippen LogP contribution in [-0.4, -0.2) is 25.6 Å². The molecule has 0 radical (unpaired) electrons. The zero-order chi connectivity index (χ0) is 13.7. The van der Waals surface area contributed by atoms with Crippen molar-refractivity contribution < 1.29 is 9.53 Å². The van der Waals surface area contributed by atoms with E-state index in [4.69, 9.17) is 10.8 Å². The van der Waals surface area contributed by atoms with Gasteiger partial charge in [0.2, 0.25) is 0 Å². The highest BCUT2D eigenvalue weighted by atomic mass is 28.4.